The number of rotatable bonds is 2. The van der Waals surface area contributed by atoms with Crippen LogP contribution in [-0.4, -0.2) is 16.2 Å². The molecular formula is C10H17NO3. The van der Waals surface area contributed by atoms with E-state index < -0.39 is 5.54 Å². The first-order valence-electron chi connectivity index (χ1n) is 5.11. The van der Waals surface area contributed by atoms with Crippen molar-refractivity contribution in [3.63, 3.8) is 0 Å². The normalized spacial score (nSPS) is 24.4. The van der Waals surface area contributed by atoms with Crippen molar-refractivity contribution >= 4 is 5.78 Å². The zero-order valence-corrected chi connectivity index (χ0v) is 8.78. The molecule has 1 aliphatic rings. The first-order valence-corrected chi connectivity index (χ1v) is 5.11. The average Bonchev–Trinajstić information content (AvgIpc) is 2.29. The minimum Gasteiger partial charge on any atom is -0.300 e. The van der Waals surface area contributed by atoms with E-state index in [-0.39, 0.29) is 16.6 Å². The number of carbonyl (C=O) groups excluding carboxylic acids is 1. The van der Waals surface area contributed by atoms with E-state index in [2.05, 4.69) is 0 Å². The molecular weight excluding hydrogens is 182 g/mol. The molecule has 0 bridgehead atoms. The lowest BCUT2D eigenvalue weighted by Gasteiger charge is -2.24. The molecule has 4 nitrogen and oxygen atoms in total. The number of nitro groups is 1. The molecule has 4 heteroatoms. The van der Waals surface area contributed by atoms with Gasteiger partial charge in [-0.25, -0.2) is 0 Å². The molecule has 0 amide bonds. The zero-order chi connectivity index (χ0) is 10.8. The summed E-state index contributed by atoms with van der Waals surface area (Å²) in [6.07, 6.45) is 3.62. The molecule has 1 fully saturated rings. The van der Waals surface area contributed by atoms with Gasteiger partial charge in [0.25, 0.3) is 0 Å². The van der Waals surface area contributed by atoms with Crippen LogP contribution in [0.4, 0.5) is 0 Å². The largest absolute Gasteiger partial charge is 0.300 e. The summed E-state index contributed by atoms with van der Waals surface area (Å²) in [5, 5.41) is 10.8. The Morgan fingerprint density at radius 3 is 2.64 bits per heavy atom. The van der Waals surface area contributed by atoms with Crippen LogP contribution < -0.4 is 0 Å². The Hall–Kier alpha value is -0.930. The van der Waals surface area contributed by atoms with Gasteiger partial charge >= 0.3 is 0 Å². The van der Waals surface area contributed by atoms with E-state index in [9.17, 15) is 14.9 Å². The number of nitrogens with zero attached hydrogens (tertiary/aromatic N) is 1. The smallest absolute Gasteiger partial charge is 0.220 e. The maximum Gasteiger partial charge on any atom is 0.220 e. The second-order valence-electron chi connectivity index (χ2n) is 4.60. The molecule has 0 aliphatic heterocycles. The third-order valence-corrected chi connectivity index (χ3v) is 3.20. The molecule has 1 aliphatic carbocycles. The van der Waals surface area contributed by atoms with Gasteiger partial charge in [0.05, 0.1) is 0 Å². The van der Waals surface area contributed by atoms with E-state index in [4.69, 9.17) is 0 Å². The lowest BCUT2D eigenvalue weighted by molar-refractivity contribution is -0.571. The Morgan fingerprint density at radius 1 is 1.43 bits per heavy atom. The van der Waals surface area contributed by atoms with Gasteiger partial charge in [0.2, 0.25) is 5.54 Å². The molecule has 0 saturated heterocycles. The molecule has 80 valence electrons. The van der Waals surface area contributed by atoms with Gasteiger partial charge in [-0.3, -0.25) is 14.9 Å². The summed E-state index contributed by atoms with van der Waals surface area (Å²) >= 11 is 0. The van der Waals surface area contributed by atoms with Gasteiger partial charge < -0.3 is 0 Å². The average molecular weight is 199 g/mol. The molecule has 1 saturated carbocycles. The predicted octanol–water partition coefficient (Wildman–Crippen LogP) is 2.19. The quantitative estimate of drug-likeness (QED) is 0.389. The highest BCUT2D eigenvalue weighted by Crippen LogP contribution is 2.31. The van der Waals surface area contributed by atoms with Gasteiger partial charge in [-0.1, -0.05) is 6.42 Å². The van der Waals surface area contributed by atoms with Gasteiger partial charge in [-0.15, -0.1) is 0 Å². The Morgan fingerprint density at radius 2 is 2.07 bits per heavy atom. The summed E-state index contributed by atoms with van der Waals surface area (Å²) < 4.78 is 0. The molecule has 0 aromatic rings. The van der Waals surface area contributed by atoms with Crippen molar-refractivity contribution in [2.24, 2.45) is 5.92 Å². The van der Waals surface area contributed by atoms with E-state index in [0.717, 1.165) is 19.3 Å². The van der Waals surface area contributed by atoms with Crippen LogP contribution in [0.25, 0.3) is 0 Å². The molecule has 0 unspecified atom stereocenters. The van der Waals surface area contributed by atoms with Crippen LogP contribution in [0.15, 0.2) is 0 Å². The molecule has 14 heavy (non-hydrogen) atoms. The van der Waals surface area contributed by atoms with Crippen LogP contribution in [-0.2, 0) is 4.79 Å². The van der Waals surface area contributed by atoms with E-state index in [1.807, 2.05) is 0 Å². The lowest BCUT2D eigenvalue weighted by atomic mass is 9.82. The van der Waals surface area contributed by atoms with Crippen LogP contribution in [0, 0.1) is 16.0 Å². The first kappa shape index (κ1) is 11.1. The van der Waals surface area contributed by atoms with Crippen molar-refractivity contribution in [2.75, 3.05) is 0 Å². The summed E-state index contributed by atoms with van der Waals surface area (Å²) in [5.41, 5.74) is -0.958. The van der Waals surface area contributed by atoms with Gasteiger partial charge in [0.15, 0.2) is 0 Å². The Bertz CT molecular complexity index is 248. The number of hydrogen-bond donors (Lipinski definition) is 0. The minimum absolute atomic E-state index is 0.0903. The van der Waals surface area contributed by atoms with Crippen LogP contribution in [0.2, 0.25) is 0 Å². The maximum absolute atomic E-state index is 11.3. The number of ketones is 1. The lowest BCUT2D eigenvalue weighted by Crippen LogP contribution is -2.40. The minimum atomic E-state index is -0.958. The summed E-state index contributed by atoms with van der Waals surface area (Å²) in [4.78, 5) is 21.9. The highest BCUT2D eigenvalue weighted by Gasteiger charge is 2.41. The number of carbonyl (C=O) groups is 1. The summed E-state index contributed by atoms with van der Waals surface area (Å²) in [5.74, 6) is 0.0925. The van der Waals surface area contributed by atoms with Crippen molar-refractivity contribution in [1.82, 2.24) is 0 Å². The van der Waals surface area contributed by atoms with Crippen LogP contribution in [0.3, 0.4) is 0 Å². The fourth-order valence-electron chi connectivity index (χ4n) is 1.94. The second kappa shape index (κ2) is 4.07. The topological polar surface area (TPSA) is 60.2 Å². The Balaban J connectivity index is 2.74. The van der Waals surface area contributed by atoms with Gasteiger partial charge in [-0.05, 0) is 12.8 Å². The Kier molecular flexibility index (Phi) is 3.24. The Labute approximate surface area is 83.8 Å². The van der Waals surface area contributed by atoms with Crippen molar-refractivity contribution in [3.8, 4) is 0 Å². The fourth-order valence-corrected chi connectivity index (χ4v) is 1.94. The molecule has 1 rings (SSSR count). The van der Waals surface area contributed by atoms with Crippen molar-refractivity contribution in [1.29, 1.82) is 0 Å². The van der Waals surface area contributed by atoms with Crippen LogP contribution >= 0.6 is 0 Å². The van der Waals surface area contributed by atoms with Crippen LogP contribution in [0.1, 0.15) is 46.0 Å². The molecule has 0 aromatic carbocycles. The standard InChI is InChI=1S/C10H17NO3/c1-10(2,11(13)14)8-5-3-4-6-9(12)7-8/h8H,3-7H2,1-2H3/t8-/m1/s1. The fraction of sp³-hybridized carbons (Fsp3) is 0.900. The van der Waals surface area contributed by atoms with E-state index >= 15 is 0 Å². The van der Waals surface area contributed by atoms with E-state index in [1.54, 1.807) is 13.8 Å². The number of Topliss-reactive ketones (excluding diaryl/α,β-unsaturated/α-hetero) is 1. The summed E-state index contributed by atoms with van der Waals surface area (Å²) in [6, 6.07) is 0. The summed E-state index contributed by atoms with van der Waals surface area (Å²) in [7, 11) is 0. The maximum atomic E-state index is 11.3. The van der Waals surface area contributed by atoms with Gasteiger partial charge in [0.1, 0.15) is 5.78 Å². The highest BCUT2D eigenvalue weighted by molar-refractivity contribution is 5.78. The molecule has 1 atom stereocenters. The van der Waals surface area contributed by atoms with Crippen molar-refractivity contribution < 1.29 is 9.72 Å². The molecule has 0 radical (unpaired) electrons. The molecule has 0 heterocycles. The zero-order valence-electron chi connectivity index (χ0n) is 8.78. The third-order valence-electron chi connectivity index (χ3n) is 3.20. The SMILES string of the molecule is CC(C)([C@@H]1CCCCC(=O)C1)[N+](=O)[O-]. The molecule has 0 spiro atoms. The van der Waals surface area contributed by atoms with Crippen LogP contribution in [0.5, 0.6) is 0 Å². The number of hydrogen-bond acceptors (Lipinski definition) is 3. The van der Waals surface area contributed by atoms with Gasteiger partial charge in [-0.2, -0.15) is 0 Å². The summed E-state index contributed by atoms with van der Waals surface area (Å²) in [6.45, 7) is 3.24. The van der Waals surface area contributed by atoms with Gasteiger partial charge in [0, 0.05) is 37.5 Å². The van der Waals surface area contributed by atoms with E-state index in [1.165, 1.54) is 0 Å². The molecule has 0 N–H and O–H groups in total. The molecule has 0 aromatic heterocycles. The first-order chi connectivity index (χ1) is 6.44. The second-order valence-corrected chi connectivity index (χ2v) is 4.60. The van der Waals surface area contributed by atoms with Crippen molar-refractivity contribution in [2.45, 2.75) is 51.5 Å². The van der Waals surface area contributed by atoms with E-state index in [0.29, 0.717) is 12.8 Å². The third kappa shape index (κ3) is 2.30. The monoisotopic (exact) mass is 199 g/mol. The highest BCUT2D eigenvalue weighted by atomic mass is 16.6. The predicted molar refractivity (Wildman–Crippen MR) is 52.7 cm³/mol. The van der Waals surface area contributed by atoms with Crippen molar-refractivity contribution in [3.05, 3.63) is 10.1 Å².